The number of nitrogens with one attached hydrogen (secondary N) is 4. The molecular formula is C34H45ClN6O7S2. The Balaban J connectivity index is 1.12. The van der Waals surface area contributed by atoms with Crippen molar-refractivity contribution in [2.24, 2.45) is 11.3 Å². The summed E-state index contributed by atoms with van der Waals surface area (Å²) in [5, 5.41) is 9.94. The lowest BCUT2D eigenvalue weighted by Gasteiger charge is -2.35. The van der Waals surface area contributed by atoms with Gasteiger partial charge in [-0.25, -0.2) is 18.2 Å². The summed E-state index contributed by atoms with van der Waals surface area (Å²) in [5.41, 5.74) is -0.416. The topological polar surface area (TPSA) is 176 Å². The number of ketones is 1. The molecule has 2 aliphatic heterocycles. The van der Waals surface area contributed by atoms with Gasteiger partial charge in [0.05, 0.1) is 23.9 Å². The largest absolute Gasteiger partial charge is 0.445 e. The van der Waals surface area contributed by atoms with E-state index >= 15 is 0 Å². The van der Waals surface area contributed by atoms with Gasteiger partial charge in [-0.1, -0.05) is 57.8 Å². The van der Waals surface area contributed by atoms with E-state index in [2.05, 4.69) is 25.7 Å². The molecular weight excluding hydrogens is 704 g/mol. The maximum absolute atomic E-state index is 14.3. The lowest BCUT2D eigenvalue weighted by Crippen LogP contribution is -2.55. The molecule has 1 aromatic heterocycles. The second-order valence-corrected chi connectivity index (χ2v) is 18.1. The van der Waals surface area contributed by atoms with E-state index in [1.165, 1.54) is 11.3 Å². The minimum Gasteiger partial charge on any atom is -0.445 e. The van der Waals surface area contributed by atoms with Crippen molar-refractivity contribution >= 4 is 61.8 Å². The van der Waals surface area contributed by atoms with Crippen LogP contribution in [0.25, 0.3) is 0 Å². The quantitative estimate of drug-likeness (QED) is 0.222. The fourth-order valence-electron chi connectivity index (χ4n) is 7.05. The molecule has 0 spiro atoms. The van der Waals surface area contributed by atoms with Crippen molar-refractivity contribution in [1.82, 2.24) is 25.2 Å². The number of ether oxygens (including phenoxy) is 1. The number of Topliss-reactive ketones (excluding diaryl/α,β-unsaturated/α-hetero) is 1. The lowest BCUT2D eigenvalue weighted by molar-refractivity contribution is -0.131. The Morgan fingerprint density at radius 3 is 2.60 bits per heavy atom. The third-order valence-electron chi connectivity index (χ3n) is 10.3. The van der Waals surface area contributed by atoms with E-state index in [-0.39, 0.29) is 31.1 Å². The zero-order chi connectivity index (χ0) is 36.0. The van der Waals surface area contributed by atoms with Gasteiger partial charge >= 0.3 is 6.09 Å². The molecule has 1 aromatic carbocycles. The summed E-state index contributed by atoms with van der Waals surface area (Å²) in [5.74, 6) is -1.58. The lowest BCUT2D eigenvalue weighted by atomic mass is 9.77. The Hall–Kier alpha value is -3.27. The van der Waals surface area contributed by atoms with Crippen LogP contribution in [0.15, 0.2) is 24.4 Å². The summed E-state index contributed by atoms with van der Waals surface area (Å²) in [6.45, 7) is 8.53. The monoisotopic (exact) mass is 748 g/mol. The Morgan fingerprint density at radius 1 is 1.20 bits per heavy atom. The first kappa shape index (κ1) is 36.5. The highest BCUT2D eigenvalue weighted by molar-refractivity contribution is 7.91. The minimum absolute atomic E-state index is 0.132. The van der Waals surface area contributed by atoms with Crippen LogP contribution in [-0.4, -0.2) is 77.5 Å². The van der Waals surface area contributed by atoms with Crippen LogP contribution in [0.3, 0.4) is 0 Å². The van der Waals surface area contributed by atoms with E-state index in [1.54, 1.807) is 31.0 Å². The molecule has 4 N–H and O–H groups in total. The predicted molar refractivity (Wildman–Crippen MR) is 189 cm³/mol. The third kappa shape index (κ3) is 7.65. The van der Waals surface area contributed by atoms with E-state index < -0.39 is 62.3 Å². The Morgan fingerprint density at radius 2 is 1.96 bits per heavy atom. The molecule has 0 unspecified atom stereocenters. The number of anilines is 1. The number of carbonyl (C=O) groups is 4. The van der Waals surface area contributed by atoms with Gasteiger partial charge in [0.1, 0.15) is 11.6 Å². The highest BCUT2D eigenvalue weighted by Crippen LogP contribution is 2.47. The molecule has 2 aliphatic carbocycles. The Labute approximate surface area is 301 Å². The van der Waals surface area contributed by atoms with Gasteiger partial charge in [-0.3, -0.25) is 24.0 Å². The van der Waals surface area contributed by atoms with E-state index in [1.807, 2.05) is 26.0 Å². The van der Waals surface area contributed by atoms with Crippen molar-refractivity contribution in [3.8, 4) is 0 Å². The SMILES string of the molecule is CCc1cnc(N[C@H](C(=O)[C@@H]2C[C@@H](OC(=O)N3Cc4cccc(Cl)c4C3)CN2)C(C)(C)CC(=O)N[C@]2(C(=O)NS(=O)(=O)C3CC3)C[C@@H]2CC)s1. The van der Waals surface area contributed by atoms with Crippen molar-refractivity contribution in [2.45, 2.75) is 115 Å². The van der Waals surface area contributed by atoms with E-state index in [4.69, 9.17) is 16.3 Å². The number of thiazole rings is 1. The molecule has 0 radical (unpaired) electrons. The van der Waals surface area contributed by atoms with Gasteiger partial charge in [-0.2, -0.15) is 0 Å². The molecule has 3 fully saturated rings. The fourth-order valence-corrected chi connectivity index (χ4v) is 9.45. The van der Waals surface area contributed by atoms with Gasteiger partial charge < -0.3 is 20.7 Å². The number of halogens is 1. The van der Waals surface area contributed by atoms with Gasteiger partial charge in [0, 0.05) is 47.4 Å². The third-order valence-corrected chi connectivity index (χ3v) is 13.5. The summed E-state index contributed by atoms with van der Waals surface area (Å²) < 4.78 is 33.1. The summed E-state index contributed by atoms with van der Waals surface area (Å²) in [4.78, 5) is 61.4. The van der Waals surface area contributed by atoms with Gasteiger partial charge in [-0.15, -0.1) is 11.3 Å². The van der Waals surface area contributed by atoms with Gasteiger partial charge in [0.25, 0.3) is 5.91 Å². The van der Waals surface area contributed by atoms with Crippen LogP contribution in [0.1, 0.15) is 82.2 Å². The zero-order valence-electron chi connectivity index (χ0n) is 28.7. The summed E-state index contributed by atoms with van der Waals surface area (Å²) in [6, 6.07) is 4.03. The molecule has 2 saturated carbocycles. The summed E-state index contributed by atoms with van der Waals surface area (Å²) >= 11 is 7.75. The van der Waals surface area contributed by atoms with E-state index in [0.717, 1.165) is 22.4 Å². The molecule has 272 valence electrons. The first-order chi connectivity index (χ1) is 23.7. The van der Waals surface area contributed by atoms with Gasteiger partial charge in [0.15, 0.2) is 10.9 Å². The van der Waals surface area contributed by atoms with Crippen molar-refractivity contribution in [3.05, 3.63) is 45.4 Å². The van der Waals surface area contributed by atoms with Crippen LogP contribution < -0.4 is 20.7 Å². The molecule has 3 heterocycles. The molecule has 0 bridgehead atoms. The molecule has 2 aromatic rings. The number of aromatic nitrogens is 1. The predicted octanol–water partition coefficient (Wildman–Crippen LogP) is 3.90. The second-order valence-electron chi connectivity index (χ2n) is 14.6. The number of rotatable bonds is 14. The van der Waals surface area contributed by atoms with Crippen molar-refractivity contribution in [2.75, 3.05) is 11.9 Å². The molecule has 6 rings (SSSR count). The second kappa shape index (κ2) is 14.0. The van der Waals surface area contributed by atoms with E-state index in [0.29, 0.717) is 48.9 Å². The molecule has 13 nitrogen and oxygen atoms in total. The first-order valence-corrected chi connectivity index (χ1v) is 20.0. The average molecular weight is 749 g/mol. The summed E-state index contributed by atoms with van der Waals surface area (Å²) in [6.07, 6.45) is 3.56. The van der Waals surface area contributed by atoms with E-state index in [9.17, 15) is 27.6 Å². The standard InChI is InChI=1S/C34H45ClN6O7S2/c1-5-20-13-34(20,30(44)40-50(46,47)23-10-11-23)39-27(42)14-33(3,4)29(38-31-37-16-22(6-2)49-31)28(43)26-12-21(15-36-26)48-32(45)41-17-19-8-7-9-25(35)24(19)18-41/h7-9,16,20-21,23,26,29,36H,5-6,10-15,17-18H2,1-4H3,(H,37,38)(H,39,42)(H,40,44)/t20-,21+,26-,29+,34+/m0/s1. The van der Waals surface area contributed by atoms with Crippen LogP contribution in [0.2, 0.25) is 5.02 Å². The normalized spacial score (nSPS) is 25.1. The van der Waals surface area contributed by atoms with Crippen LogP contribution in [-0.2, 0) is 48.7 Å². The molecule has 4 aliphatic rings. The highest BCUT2D eigenvalue weighted by atomic mass is 35.5. The number of carbonyl (C=O) groups excluding carboxylic acids is 4. The van der Waals surface area contributed by atoms with Crippen LogP contribution in [0, 0.1) is 11.3 Å². The van der Waals surface area contributed by atoms with Crippen LogP contribution in [0.4, 0.5) is 9.93 Å². The number of fused-ring (bicyclic) bond motifs is 1. The maximum Gasteiger partial charge on any atom is 0.410 e. The maximum atomic E-state index is 14.3. The fraction of sp³-hybridized carbons (Fsp3) is 0.618. The summed E-state index contributed by atoms with van der Waals surface area (Å²) in [7, 11) is -3.79. The van der Waals surface area contributed by atoms with Crippen LogP contribution in [0.5, 0.6) is 0 Å². The number of sulfonamides is 1. The van der Waals surface area contributed by atoms with Crippen LogP contribution >= 0.6 is 22.9 Å². The Kier molecular flexibility index (Phi) is 10.3. The molecule has 3 amide bonds. The van der Waals surface area contributed by atoms with Crippen molar-refractivity contribution in [1.29, 1.82) is 0 Å². The number of amides is 3. The number of benzene rings is 1. The molecule has 50 heavy (non-hydrogen) atoms. The van der Waals surface area contributed by atoms with Crippen molar-refractivity contribution < 1.29 is 32.3 Å². The van der Waals surface area contributed by atoms with Crippen molar-refractivity contribution in [3.63, 3.8) is 0 Å². The molecule has 5 atom stereocenters. The smallest absolute Gasteiger partial charge is 0.410 e. The number of hydrogen-bond donors (Lipinski definition) is 4. The number of aryl methyl sites for hydroxylation is 1. The zero-order valence-corrected chi connectivity index (χ0v) is 31.1. The highest BCUT2D eigenvalue weighted by Gasteiger charge is 2.61. The number of nitrogens with zero attached hydrogens (tertiary/aromatic N) is 2. The average Bonchev–Trinajstić information content (AvgIpc) is 3.85. The molecule has 16 heteroatoms. The minimum atomic E-state index is -3.79. The number of hydrogen-bond acceptors (Lipinski definition) is 11. The van der Waals surface area contributed by atoms with Gasteiger partial charge in [0.2, 0.25) is 15.9 Å². The van der Waals surface area contributed by atoms with Gasteiger partial charge in [-0.05, 0) is 48.8 Å². The Bertz CT molecular complexity index is 1780. The first-order valence-electron chi connectivity index (χ1n) is 17.2. The molecule has 1 saturated heterocycles.